The standard InChI is InChI=1S/C16H19NO5/c18-14(17-6-4-16(21,5-7-17)15(19)20)10-11-1-2-13-12(9-11)3-8-22-13/h1-2,9,21H,3-8,10H2,(H,19,20). The molecule has 1 fully saturated rings. The van der Waals surface area contributed by atoms with Crippen molar-refractivity contribution in [3.05, 3.63) is 29.3 Å². The third-order valence-corrected chi connectivity index (χ3v) is 4.45. The number of aliphatic hydroxyl groups is 1. The number of fused-ring (bicyclic) bond motifs is 1. The Morgan fingerprint density at radius 3 is 2.68 bits per heavy atom. The van der Waals surface area contributed by atoms with Crippen molar-refractivity contribution in [3.63, 3.8) is 0 Å². The molecule has 118 valence electrons. The summed E-state index contributed by atoms with van der Waals surface area (Å²) >= 11 is 0. The number of hydrogen-bond acceptors (Lipinski definition) is 4. The van der Waals surface area contributed by atoms with Crippen molar-refractivity contribution in [2.75, 3.05) is 19.7 Å². The van der Waals surface area contributed by atoms with Crippen LogP contribution in [-0.2, 0) is 22.4 Å². The predicted octanol–water partition coefficient (Wildman–Crippen LogP) is 0.602. The maximum absolute atomic E-state index is 12.3. The Kier molecular flexibility index (Phi) is 3.78. The normalized spacial score (nSPS) is 19.4. The molecule has 0 atom stereocenters. The molecule has 0 radical (unpaired) electrons. The third kappa shape index (κ3) is 2.78. The summed E-state index contributed by atoms with van der Waals surface area (Å²) in [5, 5.41) is 18.9. The molecule has 3 rings (SSSR count). The third-order valence-electron chi connectivity index (χ3n) is 4.45. The van der Waals surface area contributed by atoms with Crippen LogP contribution < -0.4 is 4.74 Å². The molecule has 0 aliphatic carbocycles. The van der Waals surface area contributed by atoms with E-state index in [-0.39, 0.29) is 31.8 Å². The van der Waals surface area contributed by atoms with Gasteiger partial charge in [-0.25, -0.2) is 4.79 Å². The van der Waals surface area contributed by atoms with Crippen LogP contribution in [-0.4, -0.2) is 52.3 Å². The maximum atomic E-state index is 12.3. The van der Waals surface area contributed by atoms with Crippen LogP contribution in [0.4, 0.5) is 0 Å². The van der Waals surface area contributed by atoms with E-state index in [1.165, 1.54) is 0 Å². The minimum absolute atomic E-state index is 0.0358. The van der Waals surface area contributed by atoms with Crippen molar-refractivity contribution in [1.29, 1.82) is 0 Å². The van der Waals surface area contributed by atoms with Gasteiger partial charge >= 0.3 is 5.97 Å². The lowest BCUT2D eigenvalue weighted by Gasteiger charge is -2.35. The molecule has 0 spiro atoms. The molecule has 1 saturated heterocycles. The second-order valence-electron chi connectivity index (χ2n) is 5.93. The molecular weight excluding hydrogens is 286 g/mol. The summed E-state index contributed by atoms with van der Waals surface area (Å²) in [5.74, 6) is -0.356. The Labute approximate surface area is 128 Å². The number of carbonyl (C=O) groups is 2. The van der Waals surface area contributed by atoms with Crippen LogP contribution in [0.3, 0.4) is 0 Å². The summed E-state index contributed by atoms with van der Waals surface area (Å²) in [6.45, 7) is 1.23. The Morgan fingerprint density at radius 2 is 2.00 bits per heavy atom. The molecule has 0 bridgehead atoms. The minimum atomic E-state index is -1.69. The molecule has 2 heterocycles. The number of benzene rings is 1. The molecule has 2 aliphatic heterocycles. The van der Waals surface area contributed by atoms with Crippen LogP contribution in [0.15, 0.2) is 18.2 Å². The molecule has 1 aromatic rings. The van der Waals surface area contributed by atoms with Gasteiger partial charge < -0.3 is 19.8 Å². The molecular formula is C16H19NO5. The van der Waals surface area contributed by atoms with Gasteiger partial charge in [0.15, 0.2) is 5.60 Å². The first kappa shape index (κ1) is 14.8. The van der Waals surface area contributed by atoms with E-state index in [2.05, 4.69) is 0 Å². The summed E-state index contributed by atoms with van der Waals surface area (Å²) in [5.41, 5.74) is 0.374. The van der Waals surface area contributed by atoms with Gasteiger partial charge in [-0.3, -0.25) is 4.79 Å². The van der Waals surface area contributed by atoms with Gasteiger partial charge in [-0.2, -0.15) is 0 Å². The predicted molar refractivity (Wildman–Crippen MR) is 77.7 cm³/mol. The fourth-order valence-electron chi connectivity index (χ4n) is 2.98. The number of carboxylic acid groups (broad SMARTS) is 1. The van der Waals surface area contributed by atoms with Crippen LogP contribution in [0.25, 0.3) is 0 Å². The average Bonchev–Trinajstić information content (AvgIpc) is 2.95. The van der Waals surface area contributed by atoms with E-state index in [1.807, 2.05) is 18.2 Å². The number of carboxylic acids is 1. The van der Waals surface area contributed by atoms with Crippen LogP contribution in [0.2, 0.25) is 0 Å². The molecule has 2 aliphatic rings. The number of nitrogens with zero attached hydrogens (tertiary/aromatic N) is 1. The fourth-order valence-corrected chi connectivity index (χ4v) is 2.98. The van der Waals surface area contributed by atoms with Gasteiger partial charge in [0.05, 0.1) is 13.0 Å². The number of ether oxygens (including phenoxy) is 1. The Morgan fingerprint density at radius 1 is 1.27 bits per heavy atom. The van der Waals surface area contributed by atoms with Crippen molar-refractivity contribution in [1.82, 2.24) is 4.90 Å². The molecule has 2 N–H and O–H groups in total. The van der Waals surface area contributed by atoms with Gasteiger partial charge in [0.2, 0.25) is 5.91 Å². The van der Waals surface area contributed by atoms with E-state index >= 15 is 0 Å². The second kappa shape index (κ2) is 5.61. The molecule has 0 aromatic heterocycles. The molecule has 6 heteroatoms. The number of piperidine rings is 1. The van der Waals surface area contributed by atoms with Gasteiger partial charge in [0.25, 0.3) is 0 Å². The summed E-state index contributed by atoms with van der Waals surface area (Å²) in [6.07, 6.45) is 1.31. The van der Waals surface area contributed by atoms with Crippen molar-refractivity contribution < 1.29 is 24.5 Å². The number of likely N-dealkylation sites (tertiary alicyclic amines) is 1. The van der Waals surface area contributed by atoms with Gasteiger partial charge in [-0.15, -0.1) is 0 Å². The SMILES string of the molecule is O=C(Cc1ccc2c(c1)CCO2)N1CCC(O)(C(=O)O)CC1. The summed E-state index contributed by atoms with van der Waals surface area (Å²) in [6, 6.07) is 5.78. The van der Waals surface area contributed by atoms with Crippen molar-refractivity contribution in [3.8, 4) is 5.75 Å². The van der Waals surface area contributed by atoms with Crippen molar-refractivity contribution in [2.45, 2.75) is 31.3 Å². The highest BCUT2D eigenvalue weighted by molar-refractivity contribution is 5.81. The van der Waals surface area contributed by atoms with Gasteiger partial charge in [0, 0.05) is 32.4 Å². The van der Waals surface area contributed by atoms with Crippen LogP contribution in [0.1, 0.15) is 24.0 Å². The topological polar surface area (TPSA) is 87.1 Å². The highest BCUT2D eigenvalue weighted by atomic mass is 16.5. The number of carbonyl (C=O) groups excluding carboxylic acids is 1. The first-order valence-corrected chi connectivity index (χ1v) is 7.46. The maximum Gasteiger partial charge on any atom is 0.335 e. The lowest BCUT2D eigenvalue weighted by molar-refractivity contribution is -0.165. The van der Waals surface area contributed by atoms with E-state index in [4.69, 9.17) is 9.84 Å². The molecule has 6 nitrogen and oxygen atoms in total. The van der Waals surface area contributed by atoms with Crippen molar-refractivity contribution >= 4 is 11.9 Å². The average molecular weight is 305 g/mol. The number of hydrogen-bond donors (Lipinski definition) is 2. The van der Waals surface area contributed by atoms with Crippen LogP contribution in [0.5, 0.6) is 5.75 Å². The Hall–Kier alpha value is -2.08. The molecule has 0 unspecified atom stereocenters. The van der Waals surface area contributed by atoms with Gasteiger partial charge in [0.1, 0.15) is 5.75 Å². The van der Waals surface area contributed by atoms with E-state index in [0.29, 0.717) is 13.0 Å². The lowest BCUT2D eigenvalue weighted by Crippen LogP contribution is -2.51. The van der Waals surface area contributed by atoms with E-state index in [1.54, 1.807) is 4.90 Å². The second-order valence-corrected chi connectivity index (χ2v) is 5.93. The molecule has 1 amide bonds. The highest BCUT2D eigenvalue weighted by Crippen LogP contribution is 2.27. The van der Waals surface area contributed by atoms with Gasteiger partial charge in [-0.1, -0.05) is 12.1 Å². The molecule has 0 saturated carbocycles. The summed E-state index contributed by atoms with van der Waals surface area (Å²) in [7, 11) is 0. The first-order valence-electron chi connectivity index (χ1n) is 7.46. The summed E-state index contributed by atoms with van der Waals surface area (Å²) in [4.78, 5) is 24.9. The minimum Gasteiger partial charge on any atom is -0.493 e. The quantitative estimate of drug-likeness (QED) is 0.854. The number of rotatable bonds is 3. The molecule has 1 aromatic carbocycles. The lowest BCUT2D eigenvalue weighted by atomic mass is 9.91. The zero-order chi connectivity index (χ0) is 15.7. The monoisotopic (exact) mass is 305 g/mol. The van der Waals surface area contributed by atoms with E-state index < -0.39 is 11.6 Å². The first-order chi connectivity index (χ1) is 10.5. The zero-order valence-corrected chi connectivity index (χ0v) is 12.2. The number of aliphatic carboxylic acids is 1. The highest BCUT2D eigenvalue weighted by Gasteiger charge is 2.40. The summed E-state index contributed by atoms with van der Waals surface area (Å²) < 4.78 is 5.44. The smallest absolute Gasteiger partial charge is 0.335 e. The van der Waals surface area contributed by atoms with Crippen LogP contribution in [0, 0.1) is 0 Å². The van der Waals surface area contributed by atoms with E-state index in [0.717, 1.165) is 23.3 Å². The van der Waals surface area contributed by atoms with Crippen molar-refractivity contribution in [2.24, 2.45) is 0 Å². The zero-order valence-electron chi connectivity index (χ0n) is 12.2. The fraction of sp³-hybridized carbons (Fsp3) is 0.500. The Balaban J connectivity index is 1.60. The van der Waals surface area contributed by atoms with E-state index in [9.17, 15) is 14.7 Å². The Bertz CT molecular complexity index is 605. The molecule has 22 heavy (non-hydrogen) atoms. The van der Waals surface area contributed by atoms with Gasteiger partial charge in [-0.05, 0) is 17.2 Å². The van der Waals surface area contributed by atoms with Crippen LogP contribution >= 0.6 is 0 Å². The number of amides is 1. The largest absolute Gasteiger partial charge is 0.493 e.